The van der Waals surface area contributed by atoms with Crippen LogP contribution >= 0.6 is 0 Å². The van der Waals surface area contributed by atoms with Gasteiger partial charge in [-0.3, -0.25) is 4.79 Å². The summed E-state index contributed by atoms with van der Waals surface area (Å²) in [4.78, 5) is 11.9. The molecule has 1 aromatic carbocycles. The number of hydrogen-bond donors (Lipinski definition) is 2. The van der Waals surface area contributed by atoms with E-state index in [1.165, 1.54) is 12.1 Å². The number of carbonyl (C=O) groups is 1. The van der Waals surface area contributed by atoms with E-state index in [4.69, 9.17) is 0 Å². The number of carbonyl (C=O) groups excluding carboxylic acids is 1. The summed E-state index contributed by atoms with van der Waals surface area (Å²) in [6.07, 6.45) is 1.88. The van der Waals surface area contributed by atoms with Crippen LogP contribution in [0, 0.1) is 28.9 Å². The van der Waals surface area contributed by atoms with Gasteiger partial charge in [-0.15, -0.1) is 0 Å². The van der Waals surface area contributed by atoms with Gasteiger partial charge in [-0.25, -0.2) is 8.78 Å². The first-order valence-electron chi connectivity index (χ1n) is 7.26. The average molecular weight is 307 g/mol. The molecule has 1 saturated carbocycles. The van der Waals surface area contributed by atoms with Crippen LogP contribution < -0.4 is 10.6 Å². The Labute approximate surface area is 128 Å². The van der Waals surface area contributed by atoms with Crippen molar-refractivity contribution in [1.29, 1.82) is 5.26 Å². The van der Waals surface area contributed by atoms with Crippen LogP contribution in [-0.2, 0) is 4.79 Å². The van der Waals surface area contributed by atoms with Gasteiger partial charge in [0.05, 0.1) is 12.6 Å². The lowest BCUT2D eigenvalue weighted by atomic mass is 9.98. The summed E-state index contributed by atoms with van der Waals surface area (Å²) < 4.78 is 26.5. The van der Waals surface area contributed by atoms with Gasteiger partial charge in [0.2, 0.25) is 5.91 Å². The fraction of sp³-hybridized carbons (Fsp3) is 0.500. The maximum absolute atomic E-state index is 13.6. The van der Waals surface area contributed by atoms with Crippen molar-refractivity contribution in [1.82, 2.24) is 10.6 Å². The molecule has 2 N–H and O–H groups in total. The van der Waals surface area contributed by atoms with Gasteiger partial charge in [0.25, 0.3) is 0 Å². The Bertz CT molecular complexity index is 610. The third-order valence-corrected chi connectivity index (χ3v) is 4.02. The molecule has 4 nitrogen and oxygen atoms in total. The van der Waals surface area contributed by atoms with Crippen molar-refractivity contribution >= 4 is 5.91 Å². The van der Waals surface area contributed by atoms with Gasteiger partial charge >= 0.3 is 0 Å². The summed E-state index contributed by atoms with van der Waals surface area (Å²) in [7, 11) is 0. The lowest BCUT2D eigenvalue weighted by Crippen LogP contribution is -2.49. The van der Waals surface area contributed by atoms with Gasteiger partial charge in [0.1, 0.15) is 17.2 Å². The van der Waals surface area contributed by atoms with Gasteiger partial charge in [-0.2, -0.15) is 5.26 Å². The summed E-state index contributed by atoms with van der Waals surface area (Å²) >= 11 is 0. The SMILES string of the molecule is C[C@H](NCC(=O)N[C@@](C)(C#N)C1CC1)c1ccc(F)cc1F. The van der Waals surface area contributed by atoms with Crippen molar-refractivity contribution in [2.45, 2.75) is 38.3 Å². The Morgan fingerprint density at radius 2 is 2.18 bits per heavy atom. The van der Waals surface area contributed by atoms with Crippen molar-refractivity contribution in [3.05, 3.63) is 35.4 Å². The van der Waals surface area contributed by atoms with Crippen LogP contribution in [0.2, 0.25) is 0 Å². The summed E-state index contributed by atoms with van der Waals surface area (Å²) in [5.41, 5.74) is -0.553. The fourth-order valence-corrected chi connectivity index (χ4v) is 2.42. The number of hydrogen-bond acceptors (Lipinski definition) is 3. The highest BCUT2D eigenvalue weighted by Crippen LogP contribution is 2.39. The Kier molecular flexibility index (Phi) is 4.77. The Morgan fingerprint density at radius 1 is 1.50 bits per heavy atom. The molecule has 22 heavy (non-hydrogen) atoms. The molecule has 118 valence electrons. The highest BCUT2D eigenvalue weighted by atomic mass is 19.1. The van der Waals surface area contributed by atoms with E-state index in [2.05, 4.69) is 16.7 Å². The molecule has 0 aliphatic heterocycles. The molecule has 0 radical (unpaired) electrons. The zero-order valence-corrected chi connectivity index (χ0v) is 12.6. The number of benzene rings is 1. The average Bonchev–Trinajstić information content (AvgIpc) is 3.29. The Balaban J connectivity index is 1.89. The molecule has 0 saturated heterocycles. The minimum absolute atomic E-state index is 0.0397. The van der Waals surface area contributed by atoms with Gasteiger partial charge in [0.15, 0.2) is 0 Å². The number of nitriles is 1. The van der Waals surface area contributed by atoms with E-state index in [9.17, 15) is 18.8 Å². The highest BCUT2D eigenvalue weighted by Gasteiger charge is 2.42. The van der Waals surface area contributed by atoms with Gasteiger partial charge in [0, 0.05) is 17.7 Å². The third-order valence-electron chi connectivity index (χ3n) is 4.02. The molecule has 1 aliphatic rings. The second-order valence-corrected chi connectivity index (χ2v) is 5.91. The van der Waals surface area contributed by atoms with Crippen molar-refractivity contribution < 1.29 is 13.6 Å². The minimum atomic E-state index is -0.844. The molecule has 1 aromatic rings. The summed E-state index contributed by atoms with van der Waals surface area (Å²) in [5, 5.41) is 14.8. The predicted octanol–water partition coefficient (Wildman–Crippen LogP) is 2.42. The zero-order valence-electron chi connectivity index (χ0n) is 12.6. The zero-order chi connectivity index (χ0) is 16.3. The normalized spacial score (nSPS) is 18.1. The lowest BCUT2D eigenvalue weighted by Gasteiger charge is -2.23. The fourth-order valence-electron chi connectivity index (χ4n) is 2.42. The molecule has 0 bridgehead atoms. The van der Waals surface area contributed by atoms with E-state index < -0.39 is 23.2 Å². The molecular weight excluding hydrogens is 288 g/mol. The van der Waals surface area contributed by atoms with Crippen LogP contribution in [0.1, 0.15) is 38.3 Å². The molecule has 0 heterocycles. The van der Waals surface area contributed by atoms with E-state index in [0.29, 0.717) is 5.56 Å². The molecule has 6 heteroatoms. The van der Waals surface area contributed by atoms with Crippen LogP contribution in [0.5, 0.6) is 0 Å². The standard InChI is InChI=1S/C16H19F2N3O/c1-10(13-6-5-12(17)7-14(13)18)20-8-15(22)21-16(2,9-19)11-3-4-11/h5-7,10-11,20H,3-4,8H2,1-2H3,(H,21,22)/t10-,16-/m0/s1. The maximum Gasteiger partial charge on any atom is 0.235 e. The van der Waals surface area contributed by atoms with Crippen molar-refractivity contribution in [3.63, 3.8) is 0 Å². The second kappa shape index (κ2) is 6.41. The monoisotopic (exact) mass is 307 g/mol. The molecular formula is C16H19F2N3O. The second-order valence-electron chi connectivity index (χ2n) is 5.91. The molecule has 1 fully saturated rings. The van der Waals surface area contributed by atoms with Gasteiger partial charge in [-0.1, -0.05) is 6.07 Å². The quantitative estimate of drug-likeness (QED) is 0.848. The maximum atomic E-state index is 13.6. The van der Waals surface area contributed by atoms with Crippen LogP contribution in [0.3, 0.4) is 0 Å². The minimum Gasteiger partial charge on any atom is -0.337 e. The van der Waals surface area contributed by atoms with E-state index in [1.807, 2.05) is 0 Å². The number of amides is 1. The summed E-state index contributed by atoms with van der Waals surface area (Å²) in [6.45, 7) is 3.36. The lowest BCUT2D eigenvalue weighted by molar-refractivity contribution is -0.121. The molecule has 0 aromatic heterocycles. The van der Waals surface area contributed by atoms with Gasteiger partial charge < -0.3 is 10.6 Å². The molecule has 1 aliphatic carbocycles. The molecule has 2 atom stereocenters. The van der Waals surface area contributed by atoms with Crippen LogP contribution in [0.4, 0.5) is 8.78 Å². The smallest absolute Gasteiger partial charge is 0.235 e. The first-order valence-corrected chi connectivity index (χ1v) is 7.26. The summed E-state index contributed by atoms with van der Waals surface area (Å²) in [5.74, 6) is -1.40. The van der Waals surface area contributed by atoms with Crippen LogP contribution in [0.25, 0.3) is 0 Å². The van der Waals surface area contributed by atoms with Gasteiger partial charge in [-0.05, 0) is 38.7 Å². The van der Waals surface area contributed by atoms with E-state index in [-0.39, 0.29) is 18.4 Å². The number of nitrogens with zero attached hydrogens (tertiary/aromatic N) is 1. The van der Waals surface area contributed by atoms with Crippen LogP contribution in [-0.4, -0.2) is 18.0 Å². The first-order chi connectivity index (χ1) is 10.4. The number of nitrogens with one attached hydrogen (secondary N) is 2. The van der Waals surface area contributed by atoms with Crippen molar-refractivity contribution in [2.24, 2.45) is 5.92 Å². The Morgan fingerprint density at radius 3 is 2.73 bits per heavy atom. The predicted molar refractivity (Wildman–Crippen MR) is 77.7 cm³/mol. The molecule has 0 spiro atoms. The first kappa shape index (κ1) is 16.4. The number of halogens is 2. The topological polar surface area (TPSA) is 64.9 Å². The van der Waals surface area contributed by atoms with Crippen molar-refractivity contribution in [2.75, 3.05) is 6.54 Å². The van der Waals surface area contributed by atoms with Crippen LogP contribution in [0.15, 0.2) is 18.2 Å². The largest absolute Gasteiger partial charge is 0.337 e. The van der Waals surface area contributed by atoms with E-state index in [0.717, 1.165) is 18.9 Å². The highest BCUT2D eigenvalue weighted by molar-refractivity contribution is 5.79. The van der Waals surface area contributed by atoms with E-state index >= 15 is 0 Å². The molecule has 1 amide bonds. The van der Waals surface area contributed by atoms with Crippen molar-refractivity contribution in [3.8, 4) is 6.07 Å². The molecule has 2 rings (SSSR count). The Hall–Kier alpha value is -2.00. The number of rotatable bonds is 6. The third kappa shape index (κ3) is 3.80. The van der Waals surface area contributed by atoms with E-state index in [1.54, 1.807) is 13.8 Å². The summed E-state index contributed by atoms with van der Waals surface area (Å²) in [6, 6.07) is 5.04. The molecule has 0 unspecified atom stereocenters.